The van der Waals surface area contributed by atoms with Crippen LogP contribution in [0.3, 0.4) is 0 Å². The number of hydrogen-bond donors (Lipinski definition) is 1. The Kier molecular flexibility index (Phi) is 3.10. The topological polar surface area (TPSA) is 77.3 Å². The third kappa shape index (κ3) is 2.14. The van der Waals surface area contributed by atoms with E-state index >= 15 is 0 Å². The van der Waals surface area contributed by atoms with E-state index in [1.807, 2.05) is 6.92 Å². The number of non-ortho nitro benzene ring substituents is 1. The molecule has 0 aliphatic carbocycles. The van der Waals surface area contributed by atoms with Crippen molar-refractivity contribution in [3.05, 3.63) is 22.2 Å². The summed E-state index contributed by atoms with van der Waals surface area (Å²) in [6.45, 7) is 2.67. The van der Waals surface area contributed by atoms with Crippen LogP contribution in [-0.4, -0.2) is 23.6 Å². The second kappa shape index (κ2) is 4.54. The fraction of sp³-hybridized carbons (Fsp3) is 0.300. The molecule has 1 heterocycles. The van der Waals surface area contributed by atoms with Gasteiger partial charge in [-0.15, -0.1) is 0 Å². The number of nitrogens with zero attached hydrogens (tertiary/aromatic N) is 2. The molecule has 0 aliphatic rings. The molecule has 0 unspecified atom stereocenters. The summed E-state index contributed by atoms with van der Waals surface area (Å²) in [5, 5.41) is 14.7. The molecule has 1 aromatic heterocycles. The van der Waals surface area contributed by atoms with E-state index < -0.39 is 4.92 Å². The standard InChI is InChI=1S/C10H11N3O3S/c1-3-11-10-12-9-7(13(14)15)4-6(16-2)5-8(9)17-10/h4-5H,3H2,1-2H3,(H,11,12). The van der Waals surface area contributed by atoms with Crippen molar-refractivity contribution in [1.29, 1.82) is 0 Å². The smallest absolute Gasteiger partial charge is 0.300 e. The molecule has 0 spiro atoms. The van der Waals surface area contributed by atoms with Crippen LogP contribution in [0.5, 0.6) is 5.75 Å². The first-order chi connectivity index (χ1) is 8.15. The number of rotatable bonds is 4. The second-order valence-electron chi connectivity index (χ2n) is 3.30. The summed E-state index contributed by atoms with van der Waals surface area (Å²) in [7, 11) is 1.48. The highest BCUT2D eigenvalue weighted by Crippen LogP contribution is 2.35. The molecule has 6 nitrogen and oxygen atoms in total. The zero-order chi connectivity index (χ0) is 12.4. The molecule has 0 atom stereocenters. The molecule has 2 rings (SSSR count). The largest absolute Gasteiger partial charge is 0.496 e. The van der Waals surface area contributed by atoms with Crippen LogP contribution in [0.4, 0.5) is 10.8 Å². The number of aromatic nitrogens is 1. The Bertz CT molecular complexity index is 567. The molecule has 17 heavy (non-hydrogen) atoms. The van der Waals surface area contributed by atoms with E-state index in [0.717, 1.165) is 11.2 Å². The number of fused-ring (bicyclic) bond motifs is 1. The first-order valence-electron chi connectivity index (χ1n) is 5.02. The Morgan fingerprint density at radius 1 is 1.59 bits per heavy atom. The van der Waals surface area contributed by atoms with Gasteiger partial charge in [0.1, 0.15) is 5.75 Å². The van der Waals surface area contributed by atoms with Gasteiger partial charge in [0.15, 0.2) is 10.6 Å². The van der Waals surface area contributed by atoms with Gasteiger partial charge in [-0.05, 0) is 6.92 Å². The Morgan fingerprint density at radius 2 is 2.35 bits per heavy atom. The maximum Gasteiger partial charge on any atom is 0.300 e. The van der Waals surface area contributed by atoms with Gasteiger partial charge >= 0.3 is 0 Å². The van der Waals surface area contributed by atoms with E-state index in [4.69, 9.17) is 4.74 Å². The highest BCUT2D eigenvalue weighted by Gasteiger charge is 2.18. The van der Waals surface area contributed by atoms with Crippen molar-refractivity contribution in [2.24, 2.45) is 0 Å². The molecule has 7 heteroatoms. The first-order valence-corrected chi connectivity index (χ1v) is 5.84. The van der Waals surface area contributed by atoms with E-state index in [2.05, 4.69) is 10.3 Å². The van der Waals surface area contributed by atoms with Crippen LogP contribution in [0.1, 0.15) is 6.92 Å². The van der Waals surface area contributed by atoms with Gasteiger partial charge < -0.3 is 10.1 Å². The summed E-state index contributed by atoms with van der Waals surface area (Å²) >= 11 is 1.38. The van der Waals surface area contributed by atoms with E-state index in [1.54, 1.807) is 6.07 Å². The molecule has 0 saturated heterocycles. The normalized spacial score (nSPS) is 10.5. The summed E-state index contributed by atoms with van der Waals surface area (Å²) in [5.74, 6) is 0.468. The third-order valence-corrected chi connectivity index (χ3v) is 3.17. The first kappa shape index (κ1) is 11.6. The molecule has 0 aliphatic heterocycles. The molecule has 2 aromatic rings. The fourth-order valence-corrected chi connectivity index (χ4v) is 2.45. The van der Waals surface area contributed by atoms with Gasteiger partial charge in [-0.25, -0.2) is 4.98 Å². The number of thiazole rings is 1. The number of hydrogen-bond acceptors (Lipinski definition) is 6. The number of nitro benzene ring substituents is 1. The quantitative estimate of drug-likeness (QED) is 0.669. The maximum atomic E-state index is 10.9. The summed E-state index contributed by atoms with van der Waals surface area (Å²) in [4.78, 5) is 14.7. The zero-order valence-electron chi connectivity index (χ0n) is 9.39. The van der Waals surface area contributed by atoms with Gasteiger partial charge in [0.05, 0.1) is 22.8 Å². The Hall–Kier alpha value is -1.89. The van der Waals surface area contributed by atoms with Gasteiger partial charge in [-0.1, -0.05) is 11.3 Å². The van der Waals surface area contributed by atoms with Crippen LogP contribution in [0, 0.1) is 10.1 Å². The lowest BCUT2D eigenvalue weighted by Crippen LogP contribution is -1.95. The minimum atomic E-state index is -0.444. The van der Waals surface area contributed by atoms with Gasteiger partial charge in [0.2, 0.25) is 0 Å². The summed E-state index contributed by atoms with van der Waals surface area (Å²) < 4.78 is 5.78. The Morgan fingerprint density at radius 3 is 2.94 bits per heavy atom. The number of benzene rings is 1. The molecule has 90 valence electrons. The lowest BCUT2D eigenvalue weighted by atomic mass is 10.3. The van der Waals surface area contributed by atoms with E-state index in [9.17, 15) is 10.1 Å². The molecule has 1 aromatic carbocycles. The van der Waals surface area contributed by atoms with Crippen molar-refractivity contribution in [1.82, 2.24) is 4.98 Å². The number of nitrogens with one attached hydrogen (secondary N) is 1. The average molecular weight is 253 g/mol. The minimum absolute atomic E-state index is 0.0280. The van der Waals surface area contributed by atoms with Gasteiger partial charge in [-0.3, -0.25) is 10.1 Å². The zero-order valence-corrected chi connectivity index (χ0v) is 10.2. The Balaban J connectivity index is 2.64. The number of anilines is 1. The molecule has 0 bridgehead atoms. The molecule has 0 saturated carbocycles. The van der Waals surface area contributed by atoms with Crippen molar-refractivity contribution in [3.63, 3.8) is 0 Å². The van der Waals surface area contributed by atoms with Gasteiger partial charge in [0, 0.05) is 12.6 Å². The molecular formula is C10H11N3O3S. The molecule has 0 amide bonds. The lowest BCUT2D eigenvalue weighted by molar-refractivity contribution is -0.383. The van der Waals surface area contributed by atoms with Crippen LogP contribution < -0.4 is 10.1 Å². The Labute approximate surface area is 101 Å². The number of ether oxygens (including phenoxy) is 1. The van der Waals surface area contributed by atoms with Crippen molar-refractivity contribution >= 4 is 32.4 Å². The molecule has 0 fully saturated rings. The third-order valence-electron chi connectivity index (χ3n) is 2.21. The van der Waals surface area contributed by atoms with Crippen molar-refractivity contribution in [3.8, 4) is 5.75 Å². The fourth-order valence-electron chi connectivity index (χ4n) is 1.47. The molecule has 1 N–H and O–H groups in total. The monoisotopic (exact) mass is 253 g/mol. The van der Waals surface area contributed by atoms with E-state index in [-0.39, 0.29) is 5.69 Å². The van der Waals surface area contributed by atoms with Crippen molar-refractivity contribution in [2.45, 2.75) is 6.92 Å². The van der Waals surface area contributed by atoms with E-state index in [0.29, 0.717) is 16.4 Å². The second-order valence-corrected chi connectivity index (χ2v) is 4.33. The van der Waals surface area contributed by atoms with Crippen LogP contribution in [-0.2, 0) is 0 Å². The van der Waals surface area contributed by atoms with Crippen molar-refractivity contribution < 1.29 is 9.66 Å². The van der Waals surface area contributed by atoms with Crippen LogP contribution in [0.15, 0.2) is 12.1 Å². The van der Waals surface area contributed by atoms with Crippen LogP contribution in [0.2, 0.25) is 0 Å². The van der Waals surface area contributed by atoms with Crippen LogP contribution in [0.25, 0.3) is 10.2 Å². The average Bonchev–Trinajstić information content (AvgIpc) is 2.69. The predicted octanol–water partition coefficient (Wildman–Crippen LogP) is 2.64. The number of methoxy groups -OCH3 is 1. The summed E-state index contributed by atoms with van der Waals surface area (Å²) in [5.41, 5.74) is 0.372. The maximum absolute atomic E-state index is 10.9. The van der Waals surface area contributed by atoms with Crippen molar-refractivity contribution in [2.75, 3.05) is 19.0 Å². The predicted molar refractivity (Wildman–Crippen MR) is 67.0 cm³/mol. The molecular weight excluding hydrogens is 242 g/mol. The SMILES string of the molecule is CCNc1nc2c([N+](=O)[O-])cc(OC)cc2s1. The van der Waals surface area contributed by atoms with Gasteiger partial charge in [-0.2, -0.15) is 0 Å². The highest BCUT2D eigenvalue weighted by molar-refractivity contribution is 7.22. The lowest BCUT2D eigenvalue weighted by Gasteiger charge is -1.99. The minimum Gasteiger partial charge on any atom is -0.496 e. The summed E-state index contributed by atoms with van der Waals surface area (Å²) in [6, 6.07) is 3.14. The number of nitro groups is 1. The summed E-state index contributed by atoms with van der Waals surface area (Å²) in [6.07, 6.45) is 0. The van der Waals surface area contributed by atoms with Gasteiger partial charge in [0.25, 0.3) is 5.69 Å². The van der Waals surface area contributed by atoms with Crippen LogP contribution >= 0.6 is 11.3 Å². The van der Waals surface area contributed by atoms with E-state index in [1.165, 1.54) is 24.5 Å². The highest BCUT2D eigenvalue weighted by atomic mass is 32.1. The molecule has 0 radical (unpaired) electrons.